The summed E-state index contributed by atoms with van der Waals surface area (Å²) in [7, 11) is 2.10. The van der Waals surface area contributed by atoms with Crippen molar-refractivity contribution in [2.45, 2.75) is 150 Å². The Kier molecular flexibility index (Phi) is 12.8. The number of benzene rings is 1. The molecule has 6 fully saturated rings. The fourth-order valence-electron chi connectivity index (χ4n) is 16.0. The number of piperidine rings is 1. The summed E-state index contributed by atoms with van der Waals surface area (Å²) < 4.78 is 6.29. The molecule has 1 saturated heterocycles. The first-order chi connectivity index (χ1) is 29.5. The van der Waals surface area contributed by atoms with E-state index in [-0.39, 0.29) is 57.1 Å². The van der Waals surface area contributed by atoms with Crippen LogP contribution in [0.2, 0.25) is 0 Å². The molecule has 1 amide bonds. The number of allylic oxidation sites excluding steroid dienone is 2. The van der Waals surface area contributed by atoms with Gasteiger partial charge in [-0.1, -0.05) is 52.7 Å². The number of hydrogen-bond donors (Lipinski definition) is 3. The topological polar surface area (TPSA) is 125 Å². The molecular formula is C53H79N3O6. The molecule has 12 unspecified atom stereocenters. The normalized spacial score (nSPS) is 39.3. The van der Waals surface area contributed by atoms with Gasteiger partial charge >= 0.3 is 5.97 Å². The molecule has 1 heterocycles. The smallest absolute Gasteiger partial charge is 0.306 e. The first-order valence-electron chi connectivity index (χ1n) is 24.9. The van der Waals surface area contributed by atoms with Crippen LogP contribution in [0.1, 0.15) is 154 Å². The Balaban J connectivity index is 0.965. The van der Waals surface area contributed by atoms with E-state index in [0.717, 1.165) is 88.6 Å². The van der Waals surface area contributed by atoms with E-state index in [1.165, 1.54) is 24.8 Å². The second kappa shape index (κ2) is 17.4. The first kappa shape index (κ1) is 45.5. The summed E-state index contributed by atoms with van der Waals surface area (Å²) in [5.41, 5.74) is 4.15. The number of likely N-dealkylation sites (tertiary alicyclic amines) is 1. The predicted octanol–water partition coefficient (Wildman–Crippen LogP) is 9.45. The van der Waals surface area contributed by atoms with Crippen molar-refractivity contribution in [3.63, 3.8) is 0 Å². The van der Waals surface area contributed by atoms with Crippen LogP contribution in [0.4, 0.5) is 0 Å². The number of rotatable bonds is 14. The highest BCUT2D eigenvalue weighted by atomic mass is 16.5. The molecule has 5 saturated carbocycles. The van der Waals surface area contributed by atoms with Gasteiger partial charge in [0.1, 0.15) is 18.1 Å². The first-order valence-corrected chi connectivity index (χ1v) is 24.9. The number of carbonyl (C=O) groups is 4. The molecule has 9 nitrogen and oxygen atoms in total. The minimum Gasteiger partial charge on any atom is -0.491 e. The van der Waals surface area contributed by atoms with Crippen LogP contribution in [-0.4, -0.2) is 78.8 Å². The lowest BCUT2D eigenvalue weighted by molar-refractivity contribution is -0.182. The molecule has 9 heteroatoms. The zero-order valence-electron chi connectivity index (χ0n) is 39.5. The molecule has 7 aliphatic rings. The van der Waals surface area contributed by atoms with Crippen LogP contribution in [0, 0.1) is 76.4 Å². The summed E-state index contributed by atoms with van der Waals surface area (Å²) in [5.74, 6) is 2.14. The number of ketones is 2. The van der Waals surface area contributed by atoms with Crippen LogP contribution >= 0.6 is 0 Å². The summed E-state index contributed by atoms with van der Waals surface area (Å²) in [6, 6.07) is 5.88. The van der Waals surface area contributed by atoms with Crippen molar-refractivity contribution >= 4 is 23.4 Å². The molecule has 12 atom stereocenters. The van der Waals surface area contributed by atoms with E-state index in [4.69, 9.17) is 4.74 Å². The molecule has 62 heavy (non-hydrogen) atoms. The maximum atomic E-state index is 14.2. The minimum atomic E-state index is -0.768. The number of hydrogen-bond acceptors (Lipinski definition) is 7. The van der Waals surface area contributed by atoms with E-state index >= 15 is 0 Å². The van der Waals surface area contributed by atoms with E-state index in [1.54, 1.807) is 0 Å². The molecule has 0 radical (unpaired) electrons. The Morgan fingerprint density at radius 2 is 1.68 bits per heavy atom. The van der Waals surface area contributed by atoms with Crippen molar-refractivity contribution in [1.82, 2.24) is 15.5 Å². The van der Waals surface area contributed by atoms with Gasteiger partial charge in [0, 0.05) is 42.8 Å². The molecule has 1 aromatic carbocycles. The Bertz CT molecular complexity index is 1940. The lowest BCUT2D eigenvalue weighted by atomic mass is 9.36. The third kappa shape index (κ3) is 7.72. The summed E-state index contributed by atoms with van der Waals surface area (Å²) >= 11 is 0. The molecule has 1 aromatic rings. The average molecular weight is 854 g/mol. The van der Waals surface area contributed by atoms with Crippen molar-refractivity contribution in [1.29, 1.82) is 0 Å². The van der Waals surface area contributed by atoms with Crippen LogP contribution in [-0.2, 0) is 14.4 Å². The van der Waals surface area contributed by atoms with E-state index in [9.17, 15) is 24.3 Å². The summed E-state index contributed by atoms with van der Waals surface area (Å²) in [5, 5.41) is 16.7. The van der Waals surface area contributed by atoms with E-state index in [2.05, 4.69) is 57.2 Å². The Labute approximate surface area is 372 Å². The maximum absolute atomic E-state index is 14.2. The van der Waals surface area contributed by atoms with Crippen LogP contribution in [0.15, 0.2) is 29.3 Å². The second-order valence-electron chi connectivity index (χ2n) is 22.7. The number of nitrogens with zero attached hydrogens (tertiary/aromatic N) is 1. The Morgan fingerprint density at radius 1 is 0.935 bits per heavy atom. The highest BCUT2D eigenvalue weighted by Gasteiger charge is 2.67. The maximum Gasteiger partial charge on any atom is 0.306 e. The van der Waals surface area contributed by atoms with Crippen LogP contribution in [0.25, 0.3) is 0 Å². The van der Waals surface area contributed by atoms with Gasteiger partial charge in [-0.25, -0.2) is 0 Å². The van der Waals surface area contributed by atoms with Crippen molar-refractivity contribution < 1.29 is 29.0 Å². The van der Waals surface area contributed by atoms with Gasteiger partial charge in [0.15, 0.2) is 5.78 Å². The van der Waals surface area contributed by atoms with Crippen molar-refractivity contribution in [2.24, 2.45) is 69.5 Å². The molecule has 342 valence electrons. The Hall–Kier alpha value is -3.04. The van der Waals surface area contributed by atoms with Gasteiger partial charge in [-0.15, -0.1) is 0 Å². The van der Waals surface area contributed by atoms with Crippen LogP contribution < -0.4 is 15.4 Å². The second-order valence-corrected chi connectivity index (χ2v) is 22.7. The summed E-state index contributed by atoms with van der Waals surface area (Å²) in [6.45, 7) is 20.2. The molecule has 8 rings (SSSR count). The van der Waals surface area contributed by atoms with Gasteiger partial charge in [0.25, 0.3) is 5.91 Å². The van der Waals surface area contributed by atoms with Crippen molar-refractivity contribution in [2.75, 3.05) is 39.8 Å². The minimum absolute atomic E-state index is 0.0827. The fraction of sp³-hybridized carbons (Fsp3) is 0.774. The molecule has 0 spiro atoms. The summed E-state index contributed by atoms with van der Waals surface area (Å²) in [4.78, 5) is 56.0. The van der Waals surface area contributed by atoms with Gasteiger partial charge in [0.2, 0.25) is 0 Å². The zero-order valence-corrected chi connectivity index (χ0v) is 39.5. The van der Waals surface area contributed by atoms with E-state index < -0.39 is 11.9 Å². The summed E-state index contributed by atoms with van der Waals surface area (Å²) in [6.07, 6.45) is 15.0. The third-order valence-corrected chi connectivity index (χ3v) is 19.5. The number of nitrogens with one attached hydrogen (secondary N) is 2. The van der Waals surface area contributed by atoms with Crippen LogP contribution in [0.3, 0.4) is 0 Å². The third-order valence-electron chi connectivity index (χ3n) is 19.5. The number of carboxylic acid groups (broad SMARTS) is 1. The highest BCUT2D eigenvalue weighted by molar-refractivity contribution is 6.01. The largest absolute Gasteiger partial charge is 0.491 e. The molecule has 3 N–H and O–H groups in total. The van der Waals surface area contributed by atoms with Crippen molar-refractivity contribution in [3.05, 3.63) is 40.5 Å². The number of aryl methyl sites for hydroxylation is 1. The molecule has 0 bridgehead atoms. The number of carbonyl (C=O) groups excluding carboxylic acids is 3. The number of fused-ring (bicyclic) bond motifs is 7. The SMILES string of the molecule is CNC1(C)C(CC(=O)C2CC(C(=O)O)C2C)CCC2(C)C3CCC4C5=C(C(C)C)C(=O)CC5(CCNC(=O)c5ccc(C)cc5OCCN5CCCCC5)CCC4C3(C)CCC21. The van der Waals surface area contributed by atoms with Gasteiger partial charge in [-0.2, -0.15) is 0 Å². The molecular weight excluding hydrogens is 775 g/mol. The fourth-order valence-corrected chi connectivity index (χ4v) is 16.0. The van der Waals surface area contributed by atoms with E-state index in [0.29, 0.717) is 73.2 Å². The average Bonchev–Trinajstić information content (AvgIpc) is 3.53. The zero-order chi connectivity index (χ0) is 44.4. The van der Waals surface area contributed by atoms with Crippen LogP contribution in [0.5, 0.6) is 5.75 Å². The predicted molar refractivity (Wildman–Crippen MR) is 244 cm³/mol. The number of carboxylic acids is 1. The van der Waals surface area contributed by atoms with Gasteiger partial charge in [-0.05, 0) is 187 Å². The van der Waals surface area contributed by atoms with Gasteiger partial charge in [0.05, 0.1) is 11.5 Å². The molecule has 6 aliphatic carbocycles. The number of Topliss-reactive ketones (excluding diaryl/α,β-unsaturated/α-hetero) is 2. The highest BCUT2D eigenvalue weighted by Crippen LogP contribution is 2.73. The lowest BCUT2D eigenvalue weighted by Crippen LogP contribution is -2.67. The van der Waals surface area contributed by atoms with Gasteiger partial charge < -0.3 is 20.5 Å². The number of aliphatic carboxylic acids is 1. The standard InChI is InChI=1S/C53H79N3O6/c1-32(2)46-42(58)31-53(22-23-55-48(59)37-13-12-33(3)28-43(37)62-27-26-56-24-10-9-11-25-56)21-17-40-36(47(46)53)14-15-44-50(40,5)20-18-45-51(44,6)19-16-35(52(45,7)54-8)29-41(57)38-30-39(34(38)4)49(60)61/h12-13,28,32,34-36,38-40,44-45,54H,9-11,14-27,29-31H2,1-8H3,(H,55,59)(H,60,61). The number of amides is 1. The van der Waals surface area contributed by atoms with Gasteiger partial charge in [-0.3, -0.25) is 24.1 Å². The lowest BCUT2D eigenvalue weighted by Gasteiger charge is -2.69. The number of ether oxygens (including phenoxy) is 1. The van der Waals surface area contributed by atoms with E-state index in [1.807, 2.05) is 32.0 Å². The molecule has 0 aromatic heterocycles. The monoisotopic (exact) mass is 854 g/mol. The quantitative estimate of drug-likeness (QED) is 0.169. The Morgan fingerprint density at radius 3 is 2.37 bits per heavy atom. The van der Waals surface area contributed by atoms with Crippen molar-refractivity contribution in [3.8, 4) is 5.75 Å². The molecule has 1 aliphatic heterocycles.